The molecule has 258 valence electrons. The summed E-state index contributed by atoms with van der Waals surface area (Å²) in [5.41, 5.74) is 17.2. The maximum Gasteiger partial charge on any atom is 0.415 e. The van der Waals surface area contributed by atoms with Crippen molar-refractivity contribution in [1.29, 1.82) is 0 Å². The number of fused-ring (bicyclic) bond motifs is 4. The zero-order chi connectivity index (χ0) is 37.0. The molecule has 0 aliphatic carbocycles. The molecule has 0 radical (unpaired) electrons. The molecule has 0 bridgehead atoms. The van der Waals surface area contributed by atoms with Gasteiger partial charge in [-0.15, -0.1) is 0 Å². The molecule has 13 rings (SSSR count). The Morgan fingerprint density at radius 3 is 1.62 bits per heavy atom. The molecule has 0 saturated heterocycles. The first-order valence-electron chi connectivity index (χ1n) is 19.2. The first-order chi connectivity index (χ1) is 26.6. The van der Waals surface area contributed by atoms with Crippen molar-refractivity contribution in [3.8, 4) is 11.4 Å². The standard InChI is InChI=1S/C47H30B3F3N2/c1-23-9-5-11-27(19-23)48-32-15-7-13-29-31-21-25(3)22-35-43(31)54(41(29)32)45-38(48)37(47(51,52)53)39-46-40(45)50(35)34-18-17-26(4)36-30-14-8-16-33(42(30)55(46)44(34)36)49(39)28-12-6-10-24(2)20-28/h5-22H,1-4H3. The summed E-state index contributed by atoms with van der Waals surface area (Å²) in [5, 5.41) is 4.44. The monoisotopic (exact) mass is 712 g/mol. The minimum atomic E-state index is -4.66. The normalized spacial score (nSPS) is 14.3. The fourth-order valence-electron chi connectivity index (χ4n) is 11.8. The van der Waals surface area contributed by atoms with Gasteiger partial charge in [0, 0.05) is 55.0 Å². The molecule has 0 unspecified atom stereocenters. The van der Waals surface area contributed by atoms with Crippen molar-refractivity contribution in [3.05, 3.63) is 137 Å². The minimum Gasteiger partial charge on any atom is -0.311 e. The van der Waals surface area contributed by atoms with Gasteiger partial charge < -0.3 is 9.13 Å². The van der Waals surface area contributed by atoms with Crippen LogP contribution < -0.4 is 49.2 Å². The van der Waals surface area contributed by atoms with E-state index in [0.717, 1.165) is 105 Å². The summed E-state index contributed by atoms with van der Waals surface area (Å²) in [7, 11) is 0. The molecule has 4 aliphatic heterocycles. The number of rotatable bonds is 2. The molecule has 0 spiro atoms. The third-order valence-electron chi connectivity index (χ3n) is 13.4. The van der Waals surface area contributed by atoms with Crippen molar-refractivity contribution in [2.24, 2.45) is 0 Å². The Balaban J connectivity index is 1.38. The summed E-state index contributed by atoms with van der Waals surface area (Å²) in [6.07, 6.45) is -4.66. The highest BCUT2D eigenvalue weighted by Gasteiger charge is 2.54. The average Bonchev–Trinajstić information content (AvgIpc) is 3.68. The second-order valence-electron chi connectivity index (χ2n) is 16.5. The molecule has 2 nitrogen and oxygen atoms in total. The summed E-state index contributed by atoms with van der Waals surface area (Å²) in [6, 6.07) is 38.0. The predicted octanol–water partition coefficient (Wildman–Crippen LogP) is 4.94. The van der Waals surface area contributed by atoms with Crippen LogP contribution in [-0.2, 0) is 6.18 Å². The third-order valence-corrected chi connectivity index (χ3v) is 13.4. The van der Waals surface area contributed by atoms with Gasteiger partial charge in [0.1, 0.15) is 0 Å². The zero-order valence-corrected chi connectivity index (χ0v) is 30.7. The Hall–Kier alpha value is -5.88. The summed E-state index contributed by atoms with van der Waals surface area (Å²) < 4.78 is 55.4. The van der Waals surface area contributed by atoms with Crippen LogP contribution in [0.25, 0.3) is 55.0 Å². The van der Waals surface area contributed by atoms with E-state index in [0.29, 0.717) is 10.9 Å². The lowest BCUT2D eigenvalue weighted by Crippen LogP contribution is -2.71. The van der Waals surface area contributed by atoms with E-state index in [1.165, 1.54) is 10.9 Å². The summed E-state index contributed by atoms with van der Waals surface area (Å²) in [5.74, 6) is 0. The number of alkyl halides is 3. The van der Waals surface area contributed by atoms with Gasteiger partial charge in [-0.2, -0.15) is 13.2 Å². The highest BCUT2D eigenvalue weighted by molar-refractivity contribution is 7.06. The van der Waals surface area contributed by atoms with Gasteiger partial charge in [0.2, 0.25) is 13.4 Å². The van der Waals surface area contributed by atoms with Gasteiger partial charge in [-0.3, -0.25) is 0 Å². The number of aryl methyl sites for hydroxylation is 4. The lowest BCUT2D eigenvalue weighted by Gasteiger charge is -2.43. The maximum atomic E-state index is 17.0. The Labute approximate surface area is 316 Å². The quantitative estimate of drug-likeness (QED) is 0.225. The van der Waals surface area contributed by atoms with Crippen molar-refractivity contribution in [1.82, 2.24) is 9.13 Å². The van der Waals surface area contributed by atoms with Gasteiger partial charge >= 0.3 is 6.18 Å². The van der Waals surface area contributed by atoms with Crippen molar-refractivity contribution >= 4 is 113 Å². The summed E-state index contributed by atoms with van der Waals surface area (Å²) in [6.45, 7) is 6.87. The number of aromatic nitrogens is 2. The molecular formula is C47H30B3F3N2. The molecule has 0 N–H and O–H groups in total. The molecule has 8 heteroatoms. The van der Waals surface area contributed by atoms with Crippen LogP contribution in [0.5, 0.6) is 0 Å². The van der Waals surface area contributed by atoms with Crippen LogP contribution in [0.1, 0.15) is 27.8 Å². The van der Waals surface area contributed by atoms with Crippen molar-refractivity contribution in [2.45, 2.75) is 33.9 Å². The maximum absolute atomic E-state index is 17.0. The average molecular weight is 712 g/mol. The van der Waals surface area contributed by atoms with Crippen molar-refractivity contribution < 1.29 is 13.2 Å². The van der Waals surface area contributed by atoms with Crippen LogP contribution in [0.4, 0.5) is 13.2 Å². The molecule has 7 aromatic carbocycles. The van der Waals surface area contributed by atoms with E-state index in [4.69, 9.17) is 0 Å². The first-order valence-corrected chi connectivity index (χ1v) is 19.2. The van der Waals surface area contributed by atoms with Gasteiger partial charge in [-0.25, -0.2) is 0 Å². The smallest absolute Gasteiger partial charge is 0.311 e. The van der Waals surface area contributed by atoms with Crippen LogP contribution in [-0.4, -0.2) is 29.3 Å². The Morgan fingerprint density at radius 2 is 1.00 bits per heavy atom. The molecular weight excluding hydrogens is 682 g/mol. The molecule has 2 aromatic heterocycles. The van der Waals surface area contributed by atoms with Crippen LogP contribution in [0.15, 0.2) is 109 Å². The van der Waals surface area contributed by atoms with Crippen LogP contribution in [0, 0.1) is 27.7 Å². The Morgan fingerprint density at radius 1 is 0.455 bits per heavy atom. The topological polar surface area (TPSA) is 9.86 Å². The fourth-order valence-corrected chi connectivity index (χ4v) is 11.8. The highest BCUT2D eigenvalue weighted by Crippen LogP contribution is 2.43. The number of benzene rings is 7. The highest BCUT2D eigenvalue weighted by atomic mass is 19.4. The lowest BCUT2D eigenvalue weighted by molar-refractivity contribution is -0.135. The lowest BCUT2D eigenvalue weighted by atomic mass is 9.26. The van der Waals surface area contributed by atoms with E-state index in [-0.39, 0.29) is 6.71 Å². The molecule has 0 fully saturated rings. The molecule has 55 heavy (non-hydrogen) atoms. The minimum absolute atomic E-state index is 0.247. The second-order valence-corrected chi connectivity index (χ2v) is 16.5. The van der Waals surface area contributed by atoms with Crippen LogP contribution in [0.3, 0.4) is 0 Å². The van der Waals surface area contributed by atoms with Crippen molar-refractivity contribution in [2.75, 3.05) is 0 Å². The van der Waals surface area contributed by atoms with E-state index in [1.807, 2.05) is 50.2 Å². The van der Waals surface area contributed by atoms with E-state index in [1.54, 1.807) is 0 Å². The van der Waals surface area contributed by atoms with Crippen LogP contribution in [0.2, 0.25) is 0 Å². The SMILES string of the molecule is Cc1cccc(B2c3c4c5c6c(c3C(F)(F)F)B(c3cccc(C)c3)c3cccc7c8c(C)ccc(c8n-6c37)B5c3cc(C)cc5c6cccc2c6n-4c35)c1. The van der Waals surface area contributed by atoms with Crippen molar-refractivity contribution in [3.63, 3.8) is 0 Å². The number of halogens is 3. The molecule has 6 heterocycles. The van der Waals surface area contributed by atoms with Gasteiger partial charge in [0.15, 0.2) is 0 Å². The molecule has 9 aromatic rings. The van der Waals surface area contributed by atoms with E-state index < -0.39 is 25.2 Å². The van der Waals surface area contributed by atoms with Gasteiger partial charge in [0.05, 0.1) is 5.56 Å². The zero-order valence-electron chi connectivity index (χ0n) is 30.7. The molecule has 0 saturated carbocycles. The summed E-state index contributed by atoms with van der Waals surface area (Å²) in [4.78, 5) is 0. The van der Waals surface area contributed by atoms with Gasteiger partial charge in [0.25, 0.3) is 6.71 Å². The largest absolute Gasteiger partial charge is 0.415 e. The fraction of sp³-hybridized carbons (Fsp3) is 0.106. The third kappa shape index (κ3) is 3.42. The molecule has 4 aliphatic rings. The number of hydrogen-bond acceptors (Lipinski definition) is 0. The van der Waals surface area contributed by atoms with E-state index >= 15 is 13.2 Å². The number of hydrogen-bond donors (Lipinski definition) is 0. The van der Waals surface area contributed by atoms with Crippen LogP contribution >= 0.6 is 0 Å². The molecule has 0 atom stereocenters. The Kier molecular flexibility index (Phi) is 5.35. The number of para-hydroxylation sites is 2. The Bertz CT molecular complexity index is 3330. The number of nitrogens with zero attached hydrogens (tertiary/aromatic N) is 2. The summed E-state index contributed by atoms with van der Waals surface area (Å²) >= 11 is 0. The van der Waals surface area contributed by atoms with Gasteiger partial charge in [-0.05, 0) is 77.6 Å². The van der Waals surface area contributed by atoms with E-state index in [2.05, 4.69) is 95.8 Å². The van der Waals surface area contributed by atoms with Gasteiger partial charge in [-0.1, -0.05) is 131 Å². The van der Waals surface area contributed by atoms with E-state index in [9.17, 15) is 0 Å². The molecule has 0 amide bonds. The predicted molar refractivity (Wildman–Crippen MR) is 226 cm³/mol. The second kappa shape index (κ2) is 9.67. The first kappa shape index (κ1) is 30.5.